The van der Waals surface area contributed by atoms with E-state index in [0.29, 0.717) is 29.5 Å². The van der Waals surface area contributed by atoms with E-state index in [9.17, 15) is 9.59 Å². The molecule has 1 aromatic carbocycles. The third-order valence-corrected chi connectivity index (χ3v) is 6.24. The maximum absolute atomic E-state index is 13.1. The summed E-state index contributed by atoms with van der Waals surface area (Å²) in [7, 11) is 1.55. The van der Waals surface area contributed by atoms with Crippen LogP contribution in [0.2, 0.25) is 0 Å². The molecule has 1 N–H and O–H groups in total. The summed E-state index contributed by atoms with van der Waals surface area (Å²) in [5.74, 6) is 1.91. The van der Waals surface area contributed by atoms with Gasteiger partial charge in [-0.05, 0) is 43.2 Å². The molecule has 6 nitrogen and oxygen atoms in total. The predicted octanol–water partition coefficient (Wildman–Crippen LogP) is 5.09. The van der Waals surface area contributed by atoms with Crippen molar-refractivity contribution in [1.82, 2.24) is 4.90 Å². The van der Waals surface area contributed by atoms with Gasteiger partial charge in [-0.25, -0.2) is 4.79 Å². The van der Waals surface area contributed by atoms with E-state index in [4.69, 9.17) is 9.47 Å². The minimum Gasteiger partial charge on any atom is -0.496 e. The Morgan fingerprint density at radius 1 is 1.14 bits per heavy atom. The number of carbonyl (C=O) groups is 2. The number of benzene rings is 1. The molecule has 0 spiro atoms. The van der Waals surface area contributed by atoms with E-state index in [1.165, 1.54) is 25.7 Å². The molecule has 1 aliphatic carbocycles. The number of ether oxygens (including phenoxy) is 2. The number of carbonyl (C=O) groups excluding carboxylic acids is 2. The summed E-state index contributed by atoms with van der Waals surface area (Å²) >= 11 is 0. The molecule has 2 fully saturated rings. The molecule has 2 amide bonds. The number of rotatable bonds is 7. The second kappa shape index (κ2) is 10.5. The van der Waals surface area contributed by atoms with Gasteiger partial charge in [-0.15, -0.1) is 0 Å². The van der Waals surface area contributed by atoms with Crippen molar-refractivity contribution in [2.24, 2.45) is 11.8 Å². The molecule has 0 unspecified atom stereocenters. The standard InChI is InChI=1S/C23H34N2O4/c1-3-4-7-14-29-23(27)24-19-10-11-20(21(15-19)28-2)22(26)25-13-12-17-8-5-6-9-18(17)16-25/h10-11,15,17-18H,3-9,12-14,16H2,1-2H3,(H,24,27)/t17-,18+/m1/s1. The minimum absolute atomic E-state index is 0.0135. The Kier molecular flexibility index (Phi) is 7.78. The van der Waals surface area contributed by atoms with Crippen LogP contribution in [-0.4, -0.2) is 43.7 Å². The zero-order chi connectivity index (χ0) is 20.6. The fourth-order valence-electron chi connectivity index (χ4n) is 4.57. The Morgan fingerprint density at radius 3 is 2.69 bits per heavy atom. The molecule has 6 heteroatoms. The van der Waals surface area contributed by atoms with Crippen LogP contribution in [0, 0.1) is 11.8 Å². The van der Waals surface area contributed by atoms with Gasteiger partial charge in [-0.1, -0.05) is 39.0 Å². The van der Waals surface area contributed by atoms with Crippen LogP contribution in [-0.2, 0) is 4.74 Å². The second-order valence-corrected chi connectivity index (χ2v) is 8.23. The first-order valence-corrected chi connectivity index (χ1v) is 11.0. The van der Waals surface area contributed by atoms with Gasteiger partial charge < -0.3 is 14.4 Å². The summed E-state index contributed by atoms with van der Waals surface area (Å²) in [5.41, 5.74) is 1.11. The number of hydrogen-bond acceptors (Lipinski definition) is 4. The van der Waals surface area contributed by atoms with E-state index >= 15 is 0 Å². The zero-order valence-corrected chi connectivity index (χ0v) is 17.7. The van der Waals surface area contributed by atoms with Crippen LogP contribution in [0.15, 0.2) is 18.2 Å². The third-order valence-electron chi connectivity index (χ3n) is 6.24. The van der Waals surface area contributed by atoms with Crippen molar-refractivity contribution < 1.29 is 19.1 Å². The minimum atomic E-state index is -0.485. The summed E-state index contributed by atoms with van der Waals surface area (Å²) in [4.78, 5) is 27.0. The SMILES string of the molecule is CCCCCOC(=O)Nc1ccc(C(=O)N2CC[C@H]3CCCC[C@H]3C2)c(OC)c1. The van der Waals surface area contributed by atoms with E-state index in [2.05, 4.69) is 12.2 Å². The Bertz CT molecular complexity index is 706. The van der Waals surface area contributed by atoms with Crippen LogP contribution in [0.4, 0.5) is 10.5 Å². The number of nitrogens with one attached hydrogen (secondary N) is 1. The maximum Gasteiger partial charge on any atom is 0.411 e. The van der Waals surface area contributed by atoms with Gasteiger partial charge in [0.15, 0.2) is 0 Å². The van der Waals surface area contributed by atoms with E-state index < -0.39 is 6.09 Å². The van der Waals surface area contributed by atoms with Gasteiger partial charge in [0.1, 0.15) is 5.75 Å². The van der Waals surface area contributed by atoms with Crippen LogP contribution in [0.1, 0.15) is 68.6 Å². The first kappa shape index (κ1) is 21.5. The van der Waals surface area contributed by atoms with Gasteiger partial charge in [-0.2, -0.15) is 0 Å². The number of methoxy groups -OCH3 is 1. The summed E-state index contributed by atoms with van der Waals surface area (Å²) < 4.78 is 10.6. The third kappa shape index (κ3) is 5.64. The molecule has 1 saturated heterocycles. The number of fused-ring (bicyclic) bond motifs is 1. The monoisotopic (exact) mass is 402 g/mol. The van der Waals surface area contributed by atoms with Crippen molar-refractivity contribution >= 4 is 17.7 Å². The van der Waals surface area contributed by atoms with Crippen LogP contribution in [0.5, 0.6) is 5.75 Å². The number of amides is 2. The summed E-state index contributed by atoms with van der Waals surface area (Å²) in [5, 5.41) is 2.71. The molecule has 1 aromatic rings. The highest BCUT2D eigenvalue weighted by Crippen LogP contribution is 2.37. The molecule has 0 aromatic heterocycles. The largest absolute Gasteiger partial charge is 0.496 e. The first-order chi connectivity index (χ1) is 14.1. The highest BCUT2D eigenvalue weighted by atomic mass is 16.5. The molecular weight excluding hydrogens is 368 g/mol. The van der Waals surface area contributed by atoms with E-state index in [1.54, 1.807) is 25.3 Å². The lowest BCUT2D eigenvalue weighted by Gasteiger charge is -2.41. The van der Waals surface area contributed by atoms with E-state index in [1.807, 2.05) is 4.90 Å². The highest BCUT2D eigenvalue weighted by molar-refractivity contribution is 5.98. The molecule has 0 bridgehead atoms. The van der Waals surface area contributed by atoms with Gasteiger partial charge in [0.2, 0.25) is 0 Å². The molecule has 1 heterocycles. The van der Waals surface area contributed by atoms with Crippen LogP contribution in [0.3, 0.4) is 0 Å². The lowest BCUT2D eigenvalue weighted by atomic mass is 9.75. The average molecular weight is 403 g/mol. The van der Waals surface area contributed by atoms with Gasteiger partial charge in [0, 0.05) is 24.8 Å². The van der Waals surface area contributed by atoms with Gasteiger partial charge in [0.05, 0.1) is 19.3 Å². The summed E-state index contributed by atoms with van der Waals surface area (Å²) in [6.45, 7) is 4.17. The topological polar surface area (TPSA) is 67.9 Å². The smallest absolute Gasteiger partial charge is 0.411 e. The van der Waals surface area contributed by atoms with Gasteiger partial charge >= 0.3 is 6.09 Å². The first-order valence-electron chi connectivity index (χ1n) is 11.0. The van der Waals surface area contributed by atoms with E-state index in [0.717, 1.165) is 44.7 Å². The summed E-state index contributed by atoms with van der Waals surface area (Å²) in [6, 6.07) is 5.16. The predicted molar refractivity (Wildman–Crippen MR) is 113 cm³/mol. The molecular formula is C23H34N2O4. The van der Waals surface area contributed by atoms with Crippen LogP contribution < -0.4 is 10.1 Å². The molecule has 3 rings (SSSR count). The van der Waals surface area contributed by atoms with Crippen molar-refractivity contribution in [3.63, 3.8) is 0 Å². The summed E-state index contributed by atoms with van der Waals surface area (Å²) in [6.07, 6.45) is 8.74. The molecule has 1 saturated carbocycles. The Hall–Kier alpha value is -2.24. The van der Waals surface area contributed by atoms with Crippen LogP contribution in [0.25, 0.3) is 0 Å². The number of unbranched alkanes of at least 4 members (excludes halogenated alkanes) is 2. The van der Waals surface area contributed by atoms with Gasteiger partial charge in [0.25, 0.3) is 5.91 Å². The normalized spacial score (nSPS) is 21.2. The quantitative estimate of drug-likeness (QED) is 0.645. The Balaban J connectivity index is 1.61. The highest BCUT2D eigenvalue weighted by Gasteiger charge is 2.33. The second-order valence-electron chi connectivity index (χ2n) is 8.23. The zero-order valence-electron chi connectivity index (χ0n) is 17.7. The molecule has 160 valence electrons. The van der Waals surface area contributed by atoms with Crippen molar-refractivity contribution in [1.29, 1.82) is 0 Å². The van der Waals surface area contributed by atoms with Gasteiger partial charge in [-0.3, -0.25) is 10.1 Å². The fraction of sp³-hybridized carbons (Fsp3) is 0.652. The van der Waals surface area contributed by atoms with Crippen molar-refractivity contribution in [2.45, 2.75) is 58.3 Å². The molecule has 2 aliphatic rings. The number of likely N-dealkylation sites (tertiary alicyclic amines) is 1. The molecule has 29 heavy (non-hydrogen) atoms. The molecule has 2 atom stereocenters. The molecule has 1 aliphatic heterocycles. The number of nitrogens with zero attached hydrogens (tertiary/aromatic N) is 1. The molecule has 0 radical (unpaired) electrons. The number of anilines is 1. The Morgan fingerprint density at radius 2 is 1.93 bits per heavy atom. The number of piperidine rings is 1. The maximum atomic E-state index is 13.1. The fourth-order valence-corrected chi connectivity index (χ4v) is 4.57. The van der Waals surface area contributed by atoms with Crippen molar-refractivity contribution in [2.75, 3.05) is 32.1 Å². The lowest BCUT2D eigenvalue weighted by molar-refractivity contribution is 0.0518. The lowest BCUT2D eigenvalue weighted by Crippen LogP contribution is -2.44. The Labute approximate surface area is 173 Å². The van der Waals surface area contributed by atoms with E-state index in [-0.39, 0.29) is 5.91 Å². The number of hydrogen-bond donors (Lipinski definition) is 1. The van der Waals surface area contributed by atoms with Crippen molar-refractivity contribution in [3.05, 3.63) is 23.8 Å². The van der Waals surface area contributed by atoms with Crippen molar-refractivity contribution in [3.8, 4) is 5.75 Å². The van der Waals surface area contributed by atoms with Crippen LogP contribution >= 0.6 is 0 Å². The average Bonchev–Trinajstić information content (AvgIpc) is 2.75.